The molecule has 0 spiro atoms. The van der Waals surface area contributed by atoms with E-state index in [-0.39, 0.29) is 0 Å². The number of anilines is 1. The van der Waals surface area contributed by atoms with Crippen LogP contribution in [-0.2, 0) is 10.2 Å². The Morgan fingerprint density at radius 2 is 1.83 bits per heavy atom. The van der Waals surface area contributed by atoms with Gasteiger partial charge in [0.2, 0.25) is 0 Å². The molecule has 0 amide bonds. The Balaban J connectivity index is 2.62. The minimum atomic E-state index is -1.06. The average molecular weight is 255 g/mol. The summed E-state index contributed by atoms with van der Waals surface area (Å²) in [7, 11) is 3.37. The smallest absolute Gasteiger partial charge is 0.314 e. The second kappa shape index (κ2) is 4.23. The molecule has 1 aromatic rings. The van der Waals surface area contributed by atoms with Crippen LogP contribution in [0.25, 0.3) is 0 Å². The lowest BCUT2D eigenvalue weighted by molar-refractivity contribution is -0.147. The number of hydrogen-bond donors (Lipinski definition) is 1. The summed E-state index contributed by atoms with van der Waals surface area (Å²) in [6.07, 6.45) is 1.72. The summed E-state index contributed by atoms with van der Waals surface area (Å²) < 4.78 is 26.7. The molecule has 98 valence electrons. The number of aliphatic carboxylic acids is 1. The summed E-state index contributed by atoms with van der Waals surface area (Å²) in [5, 5.41) is 9.37. The van der Waals surface area contributed by atoms with Crippen LogP contribution in [0.1, 0.15) is 24.8 Å². The van der Waals surface area contributed by atoms with E-state index in [4.69, 9.17) is 0 Å². The Bertz CT molecular complexity index is 496. The van der Waals surface area contributed by atoms with Crippen LogP contribution in [0.5, 0.6) is 0 Å². The largest absolute Gasteiger partial charge is 0.481 e. The van der Waals surface area contributed by atoms with E-state index in [1.54, 1.807) is 19.0 Å². The van der Waals surface area contributed by atoms with Gasteiger partial charge in [-0.25, -0.2) is 8.78 Å². The first-order valence-corrected chi connectivity index (χ1v) is 5.79. The number of carboxylic acids is 1. The molecule has 1 saturated carbocycles. The van der Waals surface area contributed by atoms with E-state index in [1.165, 1.54) is 0 Å². The molecule has 1 aromatic carbocycles. The number of rotatable bonds is 3. The van der Waals surface area contributed by atoms with Crippen molar-refractivity contribution in [3.63, 3.8) is 0 Å². The van der Waals surface area contributed by atoms with Gasteiger partial charge in [-0.05, 0) is 24.5 Å². The fraction of sp³-hybridized carbons (Fsp3) is 0.462. The quantitative estimate of drug-likeness (QED) is 0.902. The van der Waals surface area contributed by atoms with Gasteiger partial charge in [0.25, 0.3) is 0 Å². The summed E-state index contributed by atoms with van der Waals surface area (Å²) in [4.78, 5) is 13.1. The molecule has 2 rings (SSSR count). The van der Waals surface area contributed by atoms with E-state index in [2.05, 4.69) is 0 Å². The molecule has 0 aliphatic heterocycles. The number of carboxylic acid groups (broad SMARTS) is 1. The maximum absolute atomic E-state index is 13.4. The summed E-state index contributed by atoms with van der Waals surface area (Å²) in [5.74, 6) is -2.92. The van der Waals surface area contributed by atoms with E-state index in [9.17, 15) is 18.7 Å². The fourth-order valence-corrected chi connectivity index (χ4v) is 2.42. The lowest BCUT2D eigenvalue weighted by atomic mass is 9.64. The molecular weight excluding hydrogens is 240 g/mol. The molecule has 0 atom stereocenters. The minimum absolute atomic E-state index is 0.366. The van der Waals surface area contributed by atoms with Gasteiger partial charge in [0.1, 0.15) is 0 Å². The molecule has 0 aromatic heterocycles. The van der Waals surface area contributed by atoms with Crippen LogP contribution < -0.4 is 4.90 Å². The standard InChI is InChI=1S/C13H15F2NO2/c1-16(2)11-7-10(15)9(14)6-8(11)13(12(17)18)4-3-5-13/h6-7H,3-5H2,1-2H3,(H,17,18). The summed E-state index contributed by atoms with van der Waals surface area (Å²) in [6, 6.07) is 2.09. The van der Waals surface area contributed by atoms with E-state index in [0.717, 1.165) is 18.6 Å². The summed E-state index contributed by atoms with van der Waals surface area (Å²) >= 11 is 0. The highest BCUT2D eigenvalue weighted by atomic mass is 19.2. The van der Waals surface area contributed by atoms with Gasteiger partial charge in [-0.1, -0.05) is 6.42 Å². The third-order valence-electron chi connectivity index (χ3n) is 3.65. The van der Waals surface area contributed by atoms with Gasteiger partial charge in [0.05, 0.1) is 5.41 Å². The predicted molar refractivity (Wildman–Crippen MR) is 63.8 cm³/mol. The molecule has 0 unspecified atom stereocenters. The van der Waals surface area contributed by atoms with Crippen molar-refractivity contribution >= 4 is 11.7 Å². The van der Waals surface area contributed by atoms with E-state index in [0.29, 0.717) is 24.1 Å². The Morgan fingerprint density at radius 3 is 2.22 bits per heavy atom. The fourth-order valence-electron chi connectivity index (χ4n) is 2.42. The molecule has 0 radical (unpaired) electrons. The zero-order valence-corrected chi connectivity index (χ0v) is 10.3. The van der Waals surface area contributed by atoms with Gasteiger partial charge < -0.3 is 10.0 Å². The highest BCUT2D eigenvalue weighted by molar-refractivity contribution is 5.85. The Morgan fingerprint density at radius 1 is 1.28 bits per heavy atom. The summed E-state index contributed by atoms with van der Waals surface area (Å²) in [6.45, 7) is 0. The van der Waals surface area contributed by atoms with Gasteiger partial charge in [-0.2, -0.15) is 0 Å². The second-order valence-electron chi connectivity index (χ2n) is 4.92. The number of carbonyl (C=O) groups is 1. The topological polar surface area (TPSA) is 40.5 Å². The first-order chi connectivity index (χ1) is 8.38. The lowest BCUT2D eigenvalue weighted by Crippen LogP contribution is -2.43. The molecule has 18 heavy (non-hydrogen) atoms. The molecule has 0 bridgehead atoms. The Kier molecular flexibility index (Phi) is 3.00. The van der Waals surface area contributed by atoms with Crippen LogP contribution in [0.3, 0.4) is 0 Å². The van der Waals surface area contributed by atoms with Gasteiger partial charge in [0, 0.05) is 25.8 Å². The first kappa shape index (κ1) is 12.8. The zero-order chi connectivity index (χ0) is 13.5. The normalized spacial score (nSPS) is 17.1. The third-order valence-corrected chi connectivity index (χ3v) is 3.65. The van der Waals surface area contributed by atoms with Crippen molar-refractivity contribution in [2.75, 3.05) is 19.0 Å². The Labute approximate surface area is 104 Å². The predicted octanol–water partition coefficient (Wildman–Crippen LogP) is 2.54. The zero-order valence-electron chi connectivity index (χ0n) is 10.3. The van der Waals surface area contributed by atoms with Crippen LogP contribution in [-0.4, -0.2) is 25.2 Å². The molecule has 0 heterocycles. The molecule has 3 nitrogen and oxygen atoms in total. The third kappa shape index (κ3) is 1.74. The van der Waals surface area contributed by atoms with Crippen molar-refractivity contribution in [2.45, 2.75) is 24.7 Å². The van der Waals surface area contributed by atoms with Crippen molar-refractivity contribution in [3.05, 3.63) is 29.3 Å². The lowest BCUT2D eigenvalue weighted by Gasteiger charge is -2.40. The summed E-state index contributed by atoms with van der Waals surface area (Å²) in [5.41, 5.74) is -0.269. The van der Waals surface area contributed by atoms with Gasteiger partial charge in [0.15, 0.2) is 11.6 Å². The van der Waals surface area contributed by atoms with Crippen LogP contribution in [0.2, 0.25) is 0 Å². The van der Waals surface area contributed by atoms with Gasteiger partial charge in [-0.3, -0.25) is 4.79 Å². The number of hydrogen-bond acceptors (Lipinski definition) is 2. The van der Waals surface area contributed by atoms with Crippen LogP contribution in [0.4, 0.5) is 14.5 Å². The highest BCUT2D eigenvalue weighted by Gasteiger charge is 2.47. The van der Waals surface area contributed by atoms with Crippen molar-refractivity contribution in [3.8, 4) is 0 Å². The molecule has 1 aliphatic carbocycles. The van der Waals surface area contributed by atoms with Crippen molar-refractivity contribution in [1.82, 2.24) is 0 Å². The van der Waals surface area contributed by atoms with Crippen molar-refractivity contribution < 1.29 is 18.7 Å². The van der Waals surface area contributed by atoms with Gasteiger partial charge in [-0.15, -0.1) is 0 Å². The van der Waals surface area contributed by atoms with E-state index >= 15 is 0 Å². The number of nitrogens with zero attached hydrogens (tertiary/aromatic N) is 1. The molecular formula is C13H15F2NO2. The van der Waals surface area contributed by atoms with Crippen molar-refractivity contribution in [2.24, 2.45) is 0 Å². The number of halogens is 2. The monoisotopic (exact) mass is 255 g/mol. The Hall–Kier alpha value is -1.65. The van der Waals surface area contributed by atoms with Crippen molar-refractivity contribution in [1.29, 1.82) is 0 Å². The maximum atomic E-state index is 13.4. The van der Waals surface area contributed by atoms with Crippen LogP contribution in [0, 0.1) is 11.6 Å². The van der Waals surface area contributed by atoms with Gasteiger partial charge >= 0.3 is 5.97 Å². The highest BCUT2D eigenvalue weighted by Crippen LogP contribution is 2.47. The second-order valence-corrected chi connectivity index (χ2v) is 4.92. The molecule has 1 N–H and O–H groups in total. The SMILES string of the molecule is CN(C)c1cc(F)c(F)cc1C1(C(=O)O)CCC1. The molecule has 1 aliphatic rings. The van der Waals surface area contributed by atoms with E-state index in [1.807, 2.05) is 0 Å². The maximum Gasteiger partial charge on any atom is 0.314 e. The minimum Gasteiger partial charge on any atom is -0.481 e. The van der Waals surface area contributed by atoms with E-state index < -0.39 is 23.0 Å². The first-order valence-electron chi connectivity index (χ1n) is 5.79. The average Bonchev–Trinajstić information content (AvgIpc) is 2.20. The van der Waals surface area contributed by atoms with Crippen LogP contribution >= 0.6 is 0 Å². The van der Waals surface area contributed by atoms with Crippen LogP contribution in [0.15, 0.2) is 12.1 Å². The molecule has 1 fully saturated rings. The number of benzene rings is 1. The molecule has 5 heteroatoms. The molecule has 0 saturated heterocycles.